The van der Waals surface area contributed by atoms with E-state index in [1.807, 2.05) is 0 Å². The lowest BCUT2D eigenvalue weighted by Crippen LogP contribution is -2.30. The summed E-state index contributed by atoms with van der Waals surface area (Å²) < 4.78 is 4.80. The van der Waals surface area contributed by atoms with Gasteiger partial charge in [-0.05, 0) is 19.3 Å². The molecule has 0 aliphatic rings. The number of carboxylic acid groups (broad SMARTS) is 1. The Balaban J connectivity index is 2.09. The summed E-state index contributed by atoms with van der Waals surface area (Å²) in [7, 11) is 0. The van der Waals surface area contributed by atoms with Gasteiger partial charge in [0, 0.05) is 6.54 Å². The van der Waals surface area contributed by atoms with E-state index in [0.717, 1.165) is 0 Å². The maximum atomic E-state index is 11.3. The van der Waals surface area contributed by atoms with Gasteiger partial charge in [0.2, 0.25) is 5.76 Å². The first-order chi connectivity index (χ1) is 8.11. The SMILES string of the molecule is N[C@@H](CCCCNC(=O)c1cnco1)C(=O)O. The van der Waals surface area contributed by atoms with Crippen molar-refractivity contribution in [1.29, 1.82) is 0 Å². The van der Waals surface area contributed by atoms with Crippen molar-refractivity contribution in [3.05, 3.63) is 18.4 Å². The number of aromatic nitrogens is 1. The van der Waals surface area contributed by atoms with Crippen molar-refractivity contribution < 1.29 is 19.1 Å². The molecule has 0 saturated heterocycles. The number of unbranched alkanes of at least 4 members (excludes halogenated alkanes) is 1. The molecule has 94 valence electrons. The Bertz CT molecular complexity index is 364. The highest BCUT2D eigenvalue weighted by Crippen LogP contribution is 1.99. The fourth-order valence-corrected chi connectivity index (χ4v) is 1.23. The predicted molar refractivity (Wildman–Crippen MR) is 58.3 cm³/mol. The van der Waals surface area contributed by atoms with E-state index >= 15 is 0 Å². The molecular weight excluding hydrogens is 226 g/mol. The van der Waals surface area contributed by atoms with Crippen LogP contribution in [-0.2, 0) is 4.79 Å². The highest BCUT2D eigenvalue weighted by Gasteiger charge is 2.11. The van der Waals surface area contributed by atoms with Crippen LogP contribution in [0.3, 0.4) is 0 Å². The molecule has 1 heterocycles. The number of carbonyl (C=O) groups excluding carboxylic acids is 1. The first-order valence-electron chi connectivity index (χ1n) is 5.26. The molecule has 0 saturated carbocycles. The molecule has 0 radical (unpaired) electrons. The summed E-state index contributed by atoms with van der Waals surface area (Å²) in [5.74, 6) is -1.17. The Hall–Kier alpha value is -1.89. The van der Waals surface area contributed by atoms with Gasteiger partial charge in [0.1, 0.15) is 6.04 Å². The summed E-state index contributed by atoms with van der Waals surface area (Å²) in [5.41, 5.74) is 5.33. The fraction of sp³-hybridized carbons (Fsp3) is 0.500. The van der Waals surface area contributed by atoms with E-state index in [4.69, 9.17) is 15.3 Å². The monoisotopic (exact) mass is 241 g/mol. The molecule has 1 aromatic rings. The van der Waals surface area contributed by atoms with Gasteiger partial charge < -0.3 is 20.6 Å². The highest BCUT2D eigenvalue weighted by molar-refractivity contribution is 5.90. The van der Waals surface area contributed by atoms with Gasteiger partial charge in [-0.15, -0.1) is 0 Å². The second-order valence-electron chi connectivity index (χ2n) is 3.56. The second-order valence-corrected chi connectivity index (χ2v) is 3.56. The Kier molecular flexibility index (Phi) is 5.15. The Morgan fingerprint density at radius 3 is 2.88 bits per heavy atom. The lowest BCUT2D eigenvalue weighted by atomic mass is 10.1. The van der Waals surface area contributed by atoms with E-state index in [2.05, 4.69) is 10.3 Å². The summed E-state index contributed by atoms with van der Waals surface area (Å²) in [6.07, 6.45) is 4.22. The van der Waals surface area contributed by atoms with Crippen LogP contribution in [-0.4, -0.2) is 34.6 Å². The van der Waals surface area contributed by atoms with Crippen molar-refractivity contribution in [2.45, 2.75) is 25.3 Å². The van der Waals surface area contributed by atoms with Gasteiger partial charge in [-0.1, -0.05) is 0 Å². The van der Waals surface area contributed by atoms with E-state index in [1.165, 1.54) is 12.6 Å². The zero-order chi connectivity index (χ0) is 12.7. The number of hydrogen-bond acceptors (Lipinski definition) is 5. The minimum Gasteiger partial charge on any atom is -0.480 e. The highest BCUT2D eigenvalue weighted by atomic mass is 16.4. The number of oxazole rings is 1. The number of carbonyl (C=O) groups is 2. The fourth-order valence-electron chi connectivity index (χ4n) is 1.23. The molecule has 0 aliphatic heterocycles. The lowest BCUT2D eigenvalue weighted by molar-refractivity contribution is -0.138. The average Bonchev–Trinajstić information content (AvgIpc) is 2.81. The minimum absolute atomic E-state index is 0.159. The molecule has 1 amide bonds. The molecule has 1 atom stereocenters. The van der Waals surface area contributed by atoms with Crippen molar-refractivity contribution in [3.63, 3.8) is 0 Å². The van der Waals surface area contributed by atoms with Crippen molar-refractivity contribution in [3.8, 4) is 0 Å². The van der Waals surface area contributed by atoms with Crippen LogP contribution >= 0.6 is 0 Å². The number of rotatable bonds is 7. The molecule has 0 aliphatic carbocycles. The van der Waals surface area contributed by atoms with Gasteiger partial charge in [0.15, 0.2) is 6.39 Å². The summed E-state index contributed by atoms with van der Waals surface area (Å²) in [5, 5.41) is 11.2. The zero-order valence-electron chi connectivity index (χ0n) is 9.26. The quantitative estimate of drug-likeness (QED) is 0.577. The van der Waals surface area contributed by atoms with Crippen molar-refractivity contribution in [2.75, 3.05) is 6.54 Å². The van der Waals surface area contributed by atoms with Crippen LogP contribution in [0.15, 0.2) is 17.0 Å². The van der Waals surface area contributed by atoms with Crippen LogP contribution in [0.2, 0.25) is 0 Å². The molecular formula is C10H15N3O4. The summed E-state index contributed by atoms with van der Waals surface area (Å²) in [6.45, 7) is 0.450. The zero-order valence-corrected chi connectivity index (χ0v) is 9.26. The molecule has 0 fully saturated rings. The number of hydrogen-bond donors (Lipinski definition) is 3. The molecule has 0 unspecified atom stereocenters. The molecule has 1 aromatic heterocycles. The number of amides is 1. The molecule has 17 heavy (non-hydrogen) atoms. The van der Waals surface area contributed by atoms with Gasteiger partial charge >= 0.3 is 5.97 Å². The van der Waals surface area contributed by atoms with Crippen LogP contribution in [0.1, 0.15) is 29.8 Å². The first kappa shape index (κ1) is 13.2. The van der Waals surface area contributed by atoms with Crippen LogP contribution in [0, 0.1) is 0 Å². The maximum Gasteiger partial charge on any atom is 0.320 e. The number of nitrogens with zero attached hydrogens (tertiary/aromatic N) is 1. The molecule has 0 bridgehead atoms. The number of nitrogens with one attached hydrogen (secondary N) is 1. The topological polar surface area (TPSA) is 118 Å². The largest absolute Gasteiger partial charge is 0.480 e. The summed E-state index contributed by atoms with van der Waals surface area (Å²) in [6, 6.07) is -0.833. The molecule has 0 spiro atoms. The molecule has 7 nitrogen and oxygen atoms in total. The minimum atomic E-state index is -1.00. The Morgan fingerprint density at radius 1 is 1.53 bits per heavy atom. The second kappa shape index (κ2) is 6.64. The third-order valence-electron chi connectivity index (χ3n) is 2.20. The van der Waals surface area contributed by atoms with E-state index in [0.29, 0.717) is 25.8 Å². The normalized spacial score (nSPS) is 12.1. The van der Waals surface area contributed by atoms with Crippen LogP contribution in [0.25, 0.3) is 0 Å². The van der Waals surface area contributed by atoms with Gasteiger partial charge in [0.05, 0.1) is 6.20 Å². The maximum absolute atomic E-state index is 11.3. The molecule has 4 N–H and O–H groups in total. The van der Waals surface area contributed by atoms with Gasteiger partial charge in [-0.2, -0.15) is 0 Å². The summed E-state index contributed by atoms with van der Waals surface area (Å²) in [4.78, 5) is 25.4. The lowest BCUT2D eigenvalue weighted by Gasteiger charge is -2.06. The average molecular weight is 241 g/mol. The van der Waals surface area contributed by atoms with Crippen molar-refractivity contribution in [2.24, 2.45) is 5.73 Å². The van der Waals surface area contributed by atoms with Gasteiger partial charge in [-0.3, -0.25) is 9.59 Å². The molecule has 1 rings (SSSR count). The third kappa shape index (κ3) is 4.64. The van der Waals surface area contributed by atoms with Gasteiger partial charge in [-0.25, -0.2) is 4.98 Å². The predicted octanol–water partition coefficient (Wildman–Crippen LogP) is -0.0134. The van der Waals surface area contributed by atoms with E-state index in [1.54, 1.807) is 0 Å². The first-order valence-corrected chi connectivity index (χ1v) is 5.26. The van der Waals surface area contributed by atoms with Crippen LogP contribution in [0.5, 0.6) is 0 Å². The van der Waals surface area contributed by atoms with Crippen LogP contribution in [0.4, 0.5) is 0 Å². The standard InChI is InChI=1S/C10H15N3O4/c11-7(10(15)16)3-1-2-4-13-9(14)8-5-12-6-17-8/h5-7H,1-4,11H2,(H,13,14)(H,15,16)/t7-/m0/s1. The van der Waals surface area contributed by atoms with E-state index in [9.17, 15) is 9.59 Å². The summed E-state index contributed by atoms with van der Waals surface area (Å²) >= 11 is 0. The Labute approximate surface area is 98.0 Å². The number of nitrogens with two attached hydrogens (primary N) is 1. The van der Waals surface area contributed by atoms with E-state index < -0.39 is 12.0 Å². The smallest absolute Gasteiger partial charge is 0.320 e. The van der Waals surface area contributed by atoms with Crippen LogP contribution < -0.4 is 11.1 Å². The molecule has 7 heteroatoms. The van der Waals surface area contributed by atoms with Crippen molar-refractivity contribution in [1.82, 2.24) is 10.3 Å². The van der Waals surface area contributed by atoms with Gasteiger partial charge in [0.25, 0.3) is 5.91 Å². The van der Waals surface area contributed by atoms with E-state index in [-0.39, 0.29) is 11.7 Å². The number of carboxylic acids is 1. The van der Waals surface area contributed by atoms with Crippen molar-refractivity contribution >= 4 is 11.9 Å². The molecule has 0 aromatic carbocycles. The Morgan fingerprint density at radius 2 is 2.29 bits per heavy atom. The number of aliphatic carboxylic acids is 1. The third-order valence-corrected chi connectivity index (χ3v) is 2.20.